The fourth-order valence-electron chi connectivity index (χ4n) is 2.98. The van der Waals surface area contributed by atoms with Gasteiger partial charge in [-0.1, -0.05) is 6.42 Å². The Hall–Kier alpha value is -2.41. The van der Waals surface area contributed by atoms with Crippen LogP contribution in [0.4, 0.5) is 4.39 Å². The Labute approximate surface area is 126 Å². The summed E-state index contributed by atoms with van der Waals surface area (Å²) in [7, 11) is 0. The van der Waals surface area contributed by atoms with Crippen molar-refractivity contribution in [3.63, 3.8) is 0 Å². The molecule has 7 heteroatoms. The monoisotopic (exact) mass is 300 g/mol. The van der Waals surface area contributed by atoms with E-state index in [1.54, 1.807) is 22.9 Å². The molecule has 2 aromatic rings. The number of rotatable bonds is 2. The Balaban J connectivity index is 1.81. The number of nitrogens with zero attached hydrogens (tertiary/aromatic N) is 3. The van der Waals surface area contributed by atoms with E-state index in [0.29, 0.717) is 22.9 Å². The zero-order valence-corrected chi connectivity index (χ0v) is 12.0. The van der Waals surface area contributed by atoms with E-state index in [-0.39, 0.29) is 11.7 Å². The van der Waals surface area contributed by atoms with Gasteiger partial charge >= 0.3 is 0 Å². The molecule has 4 rings (SSSR count). The molecule has 0 aromatic carbocycles. The molecule has 2 aliphatic rings. The predicted molar refractivity (Wildman–Crippen MR) is 81.4 cm³/mol. The molecule has 3 heterocycles. The highest BCUT2D eigenvalue weighted by molar-refractivity contribution is 5.99. The summed E-state index contributed by atoms with van der Waals surface area (Å²) in [5, 5.41) is 3.04. The smallest absolute Gasteiger partial charge is 0.154 e. The first-order valence-corrected chi connectivity index (χ1v) is 7.32. The SMILES string of the molecule is NC1=CNC(c2cnc3ccc(F)cn23)=NC1(N)C1CCC1. The number of halogens is 1. The first kappa shape index (κ1) is 13.3. The van der Waals surface area contributed by atoms with Gasteiger partial charge in [0, 0.05) is 18.3 Å². The van der Waals surface area contributed by atoms with E-state index < -0.39 is 5.66 Å². The summed E-state index contributed by atoms with van der Waals surface area (Å²) in [5.41, 5.74) is 13.5. The Bertz CT molecular complexity index is 803. The van der Waals surface area contributed by atoms with Crippen molar-refractivity contribution >= 4 is 11.5 Å². The second-order valence-electron chi connectivity index (χ2n) is 5.88. The zero-order chi connectivity index (χ0) is 15.3. The maximum Gasteiger partial charge on any atom is 0.154 e. The number of hydrogen-bond donors (Lipinski definition) is 3. The summed E-state index contributed by atoms with van der Waals surface area (Å²) >= 11 is 0. The van der Waals surface area contributed by atoms with Crippen LogP contribution in [0.3, 0.4) is 0 Å². The van der Waals surface area contributed by atoms with E-state index in [0.717, 1.165) is 19.3 Å². The van der Waals surface area contributed by atoms with E-state index >= 15 is 0 Å². The maximum absolute atomic E-state index is 13.5. The molecule has 0 spiro atoms. The van der Waals surface area contributed by atoms with Crippen LogP contribution in [0.15, 0.2) is 41.4 Å². The van der Waals surface area contributed by atoms with Gasteiger partial charge in [0.15, 0.2) is 11.5 Å². The van der Waals surface area contributed by atoms with Crippen molar-refractivity contribution in [1.29, 1.82) is 0 Å². The van der Waals surface area contributed by atoms with E-state index in [1.165, 1.54) is 12.3 Å². The molecule has 1 saturated carbocycles. The third kappa shape index (κ3) is 1.82. The van der Waals surface area contributed by atoms with Gasteiger partial charge in [-0.25, -0.2) is 14.4 Å². The molecule has 6 nitrogen and oxygen atoms in total. The number of aromatic nitrogens is 2. The van der Waals surface area contributed by atoms with Crippen LogP contribution in [0.25, 0.3) is 5.65 Å². The molecule has 1 unspecified atom stereocenters. The van der Waals surface area contributed by atoms with Crippen LogP contribution in [-0.2, 0) is 0 Å². The molecule has 1 aliphatic heterocycles. The Morgan fingerprint density at radius 2 is 2.18 bits per heavy atom. The zero-order valence-electron chi connectivity index (χ0n) is 12.0. The van der Waals surface area contributed by atoms with Crippen LogP contribution in [0, 0.1) is 11.7 Å². The van der Waals surface area contributed by atoms with Gasteiger partial charge in [-0.2, -0.15) is 0 Å². The normalized spacial score (nSPS) is 25.4. The summed E-state index contributed by atoms with van der Waals surface area (Å²) < 4.78 is 15.2. The van der Waals surface area contributed by atoms with E-state index in [1.807, 2.05) is 0 Å². The van der Waals surface area contributed by atoms with Crippen molar-refractivity contribution in [2.24, 2.45) is 22.4 Å². The van der Waals surface area contributed by atoms with E-state index in [4.69, 9.17) is 11.5 Å². The van der Waals surface area contributed by atoms with Crippen molar-refractivity contribution in [2.75, 3.05) is 0 Å². The lowest BCUT2D eigenvalue weighted by Crippen LogP contribution is -2.55. The highest BCUT2D eigenvalue weighted by Crippen LogP contribution is 2.39. The van der Waals surface area contributed by atoms with Gasteiger partial charge < -0.3 is 16.8 Å². The van der Waals surface area contributed by atoms with Gasteiger partial charge in [0.05, 0.1) is 11.9 Å². The lowest BCUT2D eigenvalue weighted by molar-refractivity contribution is 0.200. The minimum absolute atomic E-state index is 0.247. The fourth-order valence-corrected chi connectivity index (χ4v) is 2.98. The molecular weight excluding hydrogens is 283 g/mol. The Kier molecular flexibility index (Phi) is 2.74. The summed E-state index contributed by atoms with van der Waals surface area (Å²) in [5.74, 6) is 0.467. The average Bonchev–Trinajstić information content (AvgIpc) is 2.83. The van der Waals surface area contributed by atoms with Crippen LogP contribution in [0.1, 0.15) is 25.0 Å². The van der Waals surface area contributed by atoms with Gasteiger partial charge in [-0.15, -0.1) is 0 Å². The maximum atomic E-state index is 13.5. The molecule has 2 aromatic heterocycles. The highest BCUT2D eigenvalue weighted by atomic mass is 19.1. The Morgan fingerprint density at radius 3 is 2.91 bits per heavy atom. The molecule has 0 saturated heterocycles. The molecule has 5 N–H and O–H groups in total. The number of amidine groups is 1. The summed E-state index contributed by atoms with van der Waals surface area (Å²) in [6.45, 7) is 0. The molecular formula is C15H17FN6. The van der Waals surface area contributed by atoms with Crippen molar-refractivity contribution in [1.82, 2.24) is 14.7 Å². The number of nitrogens with one attached hydrogen (secondary N) is 1. The van der Waals surface area contributed by atoms with Gasteiger partial charge in [0.25, 0.3) is 0 Å². The van der Waals surface area contributed by atoms with Crippen LogP contribution in [0.5, 0.6) is 0 Å². The van der Waals surface area contributed by atoms with Gasteiger partial charge in [0.1, 0.15) is 17.2 Å². The van der Waals surface area contributed by atoms with Crippen molar-refractivity contribution in [3.05, 3.63) is 47.9 Å². The molecule has 22 heavy (non-hydrogen) atoms. The standard InChI is InChI=1S/C15H17FN6/c16-10-4-5-13-19-6-11(22(13)8-10)14-20-7-12(17)15(18,21-14)9-2-1-3-9/h4-9H,1-3,17-18H2,(H,20,21). The molecule has 0 amide bonds. The van der Waals surface area contributed by atoms with Crippen molar-refractivity contribution < 1.29 is 4.39 Å². The van der Waals surface area contributed by atoms with Gasteiger partial charge in [-0.05, 0) is 25.0 Å². The highest BCUT2D eigenvalue weighted by Gasteiger charge is 2.42. The number of imidazole rings is 1. The molecule has 0 radical (unpaired) electrons. The van der Waals surface area contributed by atoms with Crippen LogP contribution in [-0.4, -0.2) is 20.9 Å². The van der Waals surface area contributed by atoms with Crippen molar-refractivity contribution in [3.8, 4) is 0 Å². The third-order valence-electron chi connectivity index (χ3n) is 4.56. The number of hydrogen-bond acceptors (Lipinski definition) is 5. The predicted octanol–water partition coefficient (Wildman–Crippen LogP) is 1.08. The second kappa shape index (κ2) is 4.54. The lowest BCUT2D eigenvalue weighted by atomic mass is 9.74. The summed E-state index contributed by atoms with van der Waals surface area (Å²) in [6.07, 6.45) is 7.89. The Morgan fingerprint density at radius 1 is 1.36 bits per heavy atom. The first-order chi connectivity index (χ1) is 10.6. The molecule has 1 fully saturated rings. The molecule has 1 atom stereocenters. The minimum atomic E-state index is -0.893. The number of nitrogens with two attached hydrogens (primary N) is 2. The summed E-state index contributed by atoms with van der Waals surface area (Å²) in [4.78, 5) is 8.91. The minimum Gasteiger partial charge on any atom is -0.398 e. The fraction of sp³-hybridized carbons (Fsp3) is 0.333. The molecule has 114 valence electrons. The van der Waals surface area contributed by atoms with E-state index in [9.17, 15) is 4.39 Å². The van der Waals surface area contributed by atoms with Crippen LogP contribution >= 0.6 is 0 Å². The van der Waals surface area contributed by atoms with E-state index in [2.05, 4.69) is 15.3 Å². The third-order valence-corrected chi connectivity index (χ3v) is 4.56. The van der Waals surface area contributed by atoms with Crippen LogP contribution < -0.4 is 16.8 Å². The van der Waals surface area contributed by atoms with Gasteiger partial charge in [0.2, 0.25) is 0 Å². The average molecular weight is 300 g/mol. The quantitative estimate of drug-likeness (QED) is 0.773. The van der Waals surface area contributed by atoms with Gasteiger partial charge in [-0.3, -0.25) is 4.40 Å². The summed E-state index contributed by atoms with van der Waals surface area (Å²) in [6, 6.07) is 3.00. The number of fused-ring (bicyclic) bond motifs is 1. The number of pyridine rings is 1. The lowest BCUT2D eigenvalue weighted by Gasteiger charge is -2.41. The topological polar surface area (TPSA) is 93.7 Å². The second-order valence-corrected chi connectivity index (χ2v) is 5.88. The van der Waals surface area contributed by atoms with Crippen LogP contribution in [0.2, 0.25) is 0 Å². The van der Waals surface area contributed by atoms with Crippen molar-refractivity contribution in [2.45, 2.75) is 24.9 Å². The number of aliphatic imine (C=N–C) groups is 1. The largest absolute Gasteiger partial charge is 0.398 e. The molecule has 0 bridgehead atoms. The first-order valence-electron chi connectivity index (χ1n) is 7.32. The molecule has 1 aliphatic carbocycles.